The van der Waals surface area contributed by atoms with Crippen LogP contribution in [-0.4, -0.2) is 55.3 Å². The fourth-order valence-corrected chi connectivity index (χ4v) is 2.32. The molecule has 1 aliphatic heterocycles. The van der Waals surface area contributed by atoms with E-state index in [0.29, 0.717) is 0 Å². The molecule has 1 rings (SSSR count). The van der Waals surface area contributed by atoms with Crippen LogP contribution >= 0.6 is 12.6 Å². The largest absolute Gasteiger partial charge is 0.305 e. The Bertz CT molecular complexity index is 192. The minimum Gasteiger partial charge on any atom is -0.305 e. The molecule has 0 amide bonds. The van der Waals surface area contributed by atoms with Gasteiger partial charge in [0, 0.05) is 31.4 Å². The number of nitrogens with zero attached hydrogens (tertiary/aromatic N) is 2. The van der Waals surface area contributed by atoms with E-state index in [9.17, 15) is 0 Å². The molecular formula is C11H22N2S. The van der Waals surface area contributed by atoms with Crippen molar-refractivity contribution in [1.82, 2.24) is 9.80 Å². The van der Waals surface area contributed by atoms with Gasteiger partial charge in [-0.3, -0.25) is 4.90 Å². The van der Waals surface area contributed by atoms with Crippen LogP contribution in [0.4, 0.5) is 0 Å². The first-order valence-electron chi connectivity index (χ1n) is 5.29. The van der Waals surface area contributed by atoms with Gasteiger partial charge >= 0.3 is 0 Å². The van der Waals surface area contributed by atoms with Gasteiger partial charge in [0.2, 0.25) is 0 Å². The molecular weight excluding hydrogens is 192 g/mol. The van der Waals surface area contributed by atoms with Crippen molar-refractivity contribution < 1.29 is 0 Å². The summed E-state index contributed by atoms with van der Waals surface area (Å²) in [6.07, 6.45) is 4.34. The van der Waals surface area contributed by atoms with E-state index < -0.39 is 0 Å². The smallest absolute Gasteiger partial charge is 0.0254 e. The number of likely N-dealkylation sites (tertiary alicyclic amines) is 1. The number of thiol groups is 1. The van der Waals surface area contributed by atoms with Crippen molar-refractivity contribution in [2.75, 3.05) is 39.5 Å². The quantitative estimate of drug-likeness (QED) is 0.557. The Balaban J connectivity index is 2.35. The van der Waals surface area contributed by atoms with E-state index in [1.54, 1.807) is 0 Å². The van der Waals surface area contributed by atoms with Gasteiger partial charge in [-0.2, -0.15) is 12.6 Å². The normalized spacial score (nSPS) is 29.5. The summed E-state index contributed by atoms with van der Waals surface area (Å²) >= 11 is 4.15. The van der Waals surface area contributed by atoms with Gasteiger partial charge in [0.1, 0.15) is 0 Å². The predicted octanol–water partition coefficient (Wildman–Crippen LogP) is 1.35. The summed E-state index contributed by atoms with van der Waals surface area (Å²) in [5.41, 5.74) is 0. The lowest BCUT2D eigenvalue weighted by Crippen LogP contribution is -2.34. The Hall–Kier alpha value is 0.01000. The van der Waals surface area contributed by atoms with E-state index in [2.05, 4.69) is 55.6 Å². The van der Waals surface area contributed by atoms with E-state index in [4.69, 9.17) is 0 Å². The van der Waals surface area contributed by atoms with Crippen LogP contribution in [0.3, 0.4) is 0 Å². The second kappa shape index (κ2) is 5.79. The van der Waals surface area contributed by atoms with Crippen LogP contribution in [0.2, 0.25) is 0 Å². The highest BCUT2D eigenvalue weighted by Crippen LogP contribution is 2.19. The second-order valence-corrected chi connectivity index (χ2v) is 4.75. The SMILES string of the molecule is CC1CN(C/C=C/CS)CC1N(C)C. The molecule has 1 heterocycles. The van der Waals surface area contributed by atoms with Crippen LogP contribution < -0.4 is 0 Å². The highest BCUT2D eigenvalue weighted by atomic mass is 32.1. The van der Waals surface area contributed by atoms with Crippen LogP contribution in [0, 0.1) is 5.92 Å². The van der Waals surface area contributed by atoms with Gasteiger partial charge in [-0.25, -0.2) is 0 Å². The molecule has 14 heavy (non-hydrogen) atoms. The zero-order valence-corrected chi connectivity index (χ0v) is 10.4. The van der Waals surface area contributed by atoms with Gasteiger partial charge in [-0.05, 0) is 20.0 Å². The molecule has 1 aliphatic rings. The van der Waals surface area contributed by atoms with Gasteiger partial charge in [-0.1, -0.05) is 19.1 Å². The molecule has 1 fully saturated rings. The summed E-state index contributed by atoms with van der Waals surface area (Å²) in [5.74, 6) is 1.63. The standard InChI is InChI=1S/C11H22N2S/c1-10-8-13(6-4-5-7-14)9-11(10)12(2)3/h4-5,10-11,14H,6-9H2,1-3H3/b5-4+. The van der Waals surface area contributed by atoms with Gasteiger partial charge in [0.25, 0.3) is 0 Å². The number of rotatable bonds is 4. The number of hydrogen-bond donors (Lipinski definition) is 1. The molecule has 0 spiro atoms. The molecule has 0 N–H and O–H groups in total. The van der Waals surface area contributed by atoms with E-state index in [-0.39, 0.29) is 0 Å². The molecule has 1 saturated heterocycles. The third-order valence-electron chi connectivity index (χ3n) is 2.95. The van der Waals surface area contributed by atoms with E-state index >= 15 is 0 Å². The average Bonchev–Trinajstić information content (AvgIpc) is 2.47. The maximum absolute atomic E-state index is 4.15. The molecule has 0 aromatic rings. The maximum Gasteiger partial charge on any atom is 0.0254 e. The van der Waals surface area contributed by atoms with Crippen LogP contribution in [0.25, 0.3) is 0 Å². The predicted molar refractivity (Wildman–Crippen MR) is 66.1 cm³/mol. The van der Waals surface area contributed by atoms with Crippen molar-refractivity contribution in [3.05, 3.63) is 12.2 Å². The van der Waals surface area contributed by atoms with Crippen molar-refractivity contribution in [2.24, 2.45) is 5.92 Å². The lowest BCUT2D eigenvalue weighted by atomic mass is 10.1. The Kier molecular flexibility index (Phi) is 4.99. The summed E-state index contributed by atoms with van der Waals surface area (Å²) < 4.78 is 0. The van der Waals surface area contributed by atoms with E-state index in [0.717, 1.165) is 24.3 Å². The molecule has 0 radical (unpaired) electrons. The summed E-state index contributed by atoms with van der Waals surface area (Å²) in [6, 6.07) is 0.722. The zero-order valence-electron chi connectivity index (χ0n) is 9.48. The molecule has 3 heteroatoms. The average molecular weight is 214 g/mol. The highest BCUT2D eigenvalue weighted by Gasteiger charge is 2.29. The second-order valence-electron chi connectivity index (χ2n) is 4.38. The van der Waals surface area contributed by atoms with Crippen LogP contribution in [0.5, 0.6) is 0 Å². The zero-order chi connectivity index (χ0) is 10.6. The first-order chi connectivity index (χ1) is 6.65. The summed E-state index contributed by atoms with van der Waals surface area (Å²) in [6.45, 7) is 5.84. The van der Waals surface area contributed by atoms with Crippen molar-refractivity contribution in [3.8, 4) is 0 Å². The lowest BCUT2D eigenvalue weighted by Gasteiger charge is -2.22. The minimum absolute atomic E-state index is 0.722. The van der Waals surface area contributed by atoms with Gasteiger partial charge in [-0.15, -0.1) is 0 Å². The minimum atomic E-state index is 0.722. The third-order valence-corrected chi connectivity index (χ3v) is 3.16. The third kappa shape index (κ3) is 3.30. The first kappa shape index (κ1) is 12.1. The molecule has 0 aliphatic carbocycles. The van der Waals surface area contributed by atoms with Crippen LogP contribution in [0.1, 0.15) is 6.92 Å². The van der Waals surface area contributed by atoms with E-state index in [1.165, 1.54) is 13.1 Å². The number of likely N-dealkylation sites (N-methyl/N-ethyl adjacent to an activating group) is 1. The maximum atomic E-state index is 4.15. The van der Waals surface area contributed by atoms with E-state index in [1.807, 2.05) is 0 Å². The molecule has 2 unspecified atom stereocenters. The monoisotopic (exact) mass is 214 g/mol. The topological polar surface area (TPSA) is 6.48 Å². The highest BCUT2D eigenvalue weighted by molar-refractivity contribution is 7.80. The Labute approximate surface area is 93.4 Å². The van der Waals surface area contributed by atoms with Crippen molar-refractivity contribution in [1.29, 1.82) is 0 Å². The van der Waals surface area contributed by atoms with Gasteiger partial charge < -0.3 is 4.90 Å². The molecule has 0 aromatic heterocycles. The van der Waals surface area contributed by atoms with Crippen molar-refractivity contribution in [3.63, 3.8) is 0 Å². The molecule has 2 nitrogen and oxygen atoms in total. The Morgan fingerprint density at radius 1 is 1.36 bits per heavy atom. The molecule has 0 saturated carbocycles. The number of hydrogen-bond acceptors (Lipinski definition) is 3. The van der Waals surface area contributed by atoms with Gasteiger partial charge in [0.15, 0.2) is 0 Å². The fourth-order valence-electron chi connectivity index (χ4n) is 2.17. The summed E-state index contributed by atoms with van der Waals surface area (Å²) in [7, 11) is 4.35. The first-order valence-corrected chi connectivity index (χ1v) is 5.93. The molecule has 2 atom stereocenters. The van der Waals surface area contributed by atoms with Gasteiger partial charge in [0.05, 0.1) is 0 Å². The Morgan fingerprint density at radius 2 is 2.07 bits per heavy atom. The van der Waals surface area contributed by atoms with Crippen LogP contribution in [-0.2, 0) is 0 Å². The van der Waals surface area contributed by atoms with Crippen LogP contribution in [0.15, 0.2) is 12.2 Å². The Morgan fingerprint density at radius 3 is 2.57 bits per heavy atom. The van der Waals surface area contributed by atoms with Crippen molar-refractivity contribution in [2.45, 2.75) is 13.0 Å². The summed E-state index contributed by atoms with van der Waals surface area (Å²) in [5, 5.41) is 0. The molecule has 82 valence electrons. The van der Waals surface area contributed by atoms with Crippen molar-refractivity contribution >= 4 is 12.6 Å². The summed E-state index contributed by atoms with van der Waals surface area (Å²) in [4.78, 5) is 4.85. The lowest BCUT2D eigenvalue weighted by molar-refractivity contribution is 0.256. The molecule has 0 aromatic carbocycles. The fraction of sp³-hybridized carbons (Fsp3) is 0.818. The molecule has 0 bridgehead atoms.